The lowest BCUT2D eigenvalue weighted by atomic mass is 10.1. The average molecular weight is 368 g/mol. The summed E-state index contributed by atoms with van der Waals surface area (Å²) in [6, 6.07) is 11.9. The first kappa shape index (κ1) is 18.9. The van der Waals surface area contributed by atoms with Crippen molar-refractivity contribution in [1.29, 1.82) is 0 Å². The van der Waals surface area contributed by atoms with Crippen LogP contribution in [0, 0.1) is 11.6 Å². The number of carbonyl (C=O) groups excluding carboxylic acids is 1. The molecule has 0 unspecified atom stereocenters. The highest BCUT2D eigenvalue weighted by Crippen LogP contribution is 2.20. The molecule has 0 aromatic heterocycles. The monoisotopic (exact) mass is 368 g/mol. The third-order valence-corrected chi connectivity index (χ3v) is 4.63. The minimum absolute atomic E-state index is 0.00120. The molecule has 25 heavy (non-hydrogen) atoms. The molecular formula is C17H18F2N2O3S. The van der Waals surface area contributed by atoms with Crippen LogP contribution in [0.5, 0.6) is 0 Å². The minimum Gasteiger partial charge on any atom is -0.354 e. The van der Waals surface area contributed by atoms with Crippen molar-refractivity contribution < 1.29 is 22.0 Å². The highest BCUT2D eigenvalue weighted by atomic mass is 32.2. The molecule has 134 valence electrons. The number of hydrogen-bond acceptors (Lipinski definition) is 3. The van der Waals surface area contributed by atoms with E-state index in [0.717, 1.165) is 28.3 Å². The number of hydrogen-bond donors (Lipinski definition) is 1. The molecule has 5 nitrogen and oxygen atoms in total. The summed E-state index contributed by atoms with van der Waals surface area (Å²) in [4.78, 5) is 11.9. The van der Waals surface area contributed by atoms with Gasteiger partial charge in [-0.3, -0.25) is 9.10 Å². The molecule has 2 aromatic carbocycles. The molecule has 2 aromatic rings. The van der Waals surface area contributed by atoms with E-state index in [9.17, 15) is 22.0 Å². The summed E-state index contributed by atoms with van der Waals surface area (Å²) >= 11 is 0. The molecule has 0 heterocycles. The van der Waals surface area contributed by atoms with E-state index in [1.54, 1.807) is 0 Å². The number of sulfonamides is 1. The molecular weight excluding hydrogens is 350 g/mol. The molecule has 0 saturated heterocycles. The van der Waals surface area contributed by atoms with Crippen LogP contribution in [-0.2, 0) is 21.2 Å². The zero-order chi connectivity index (χ0) is 18.4. The fourth-order valence-electron chi connectivity index (χ4n) is 2.27. The number of benzene rings is 2. The highest BCUT2D eigenvalue weighted by Gasteiger charge is 2.19. The van der Waals surface area contributed by atoms with Gasteiger partial charge in [-0.25, -0.2) is 17.2 Å². The SMILES string of the molecule is CS(=O)(=O)N(CCNC(=O)Cc1ccccc1)c1ccc(F)c(F)c1. The Kier molecular flexibility index (Phi) is 6.08. The van der Waals surface area contributed by atoms with Gasteiger partial charge in [0.2, 0.25) is 15.9 Å². The smallest absolute Gasteiger partial charge is 0.232 e. The lowest BCUT2D eigenvalue weighted by molar-refractivity contribution is -0.120. The van der Waals surface area contributed by atoms with Gasteiger partial charge < -0.3 is 5.32 Å². The number of halogens is 2. The van der Waals surface area contributed by atoms with Gasteiger partial charge in [-0.1, -0.05) is 30.3 Å². The van der Waals surface area contributed by atoms with Gasteiger partial charge in [0.25, 0.3) is 0 Å². The Balaban J connectivity index is 1.99. The number of nitrogens with zero attached hydrogens (tertiary/aromatic N) is 1. The Morgan fingerprint density at radius 3 is 2.36 bits per heavy atom. The molecule has 0 radical (unpaired) electrons. The Hall–Kier alpha value is -2.48. The summed E-state index contributed by atoms with van der Waals surface area (Å²) in [7, 11) is -3.71. The second kappa shape index (κ2) is 8.06. The lowest BCUT2D eigenvalue weighted by Gasteiger charge is -2.22. The number of carbonyl (C=O) groups is 1. The predicted octanol–water partition coefficient (Wildman–Crippen LogP) is 2.09. The van der Waals surface area contributed by atoms with E-state index in [0.29, 0.717) is 0 Å². The van der Waals surface area contributed by atoms with Crippen molar-refractivity contribution in [2.45, 2.75) is 6.42 Å². The van der Waals surface area contributed by atoms with Crippen LogP contribution < -0.4 is 9.62 Å². The van der Waals surface area contributed by atoms with E-state index in [1.165, 1.54) is 6.07 Å². The van der Waals surface area contributed by atoms with E-state index < -0.39 is 21.7 Å². The normalized spacial score (nSPS) is 11.2. The predicted molar refractivity (Wildman–Crippen MR) is 91.7 cm³/mol. The molecule has 0 aliphatic heterocycles. The van der Waals surface area contributed by atoms with E-state index >= 15 is 0 Å². The van der Waals surface area contributed by atoms with E-state index in [2.05, 4.69) is 5.32 Å². The molecule has 8 heteroatoms. The summed E-state index contributed by atoms with van der Waals surface area (Å²) in [6.45, 7) is -0.0534. The van der Waals surface area contributed by atoms with Gasteiger partial charge in [-0.2, -0.15) is 0 Å². The summed E-state index contributed by atoms with van der Waals surface area (Å²) in [6.07, 6.45) is 1.13. The van der Waals surface area contributed by atoms with Crippen LogP contribution in [0.25, 0.3) is 0 Å². The fraction of sp³-hybridized carbons (Fsp3) is 0.235. The summed E-state index contributed by atoms with van der Waals surface area (Å²) in [5.74, 6) is -2.46. The first-order valence-electron chi connectivity index (χ1n) is 7.51. The standard InChI is InChI=1S/C17H18F2N2O3S/c1-25(23,24)21(14-7-8-15(18)16(19)12-14)10-9-20-17(22)11-13-5-3-2-4-6-13/h2-8,12H,9-11H2,1H3,(H,20,22). The van der Waals surface area contributed by atoms with Crippen LogP contribution in [0.4, 0.5) is 14.5 Å². The van der Waals surface area contributed by atoms with E-state index in [-0.39, 0.29) is 31.1 Å². The zero-order valence-electron chi connectivity index (χ0n) is 13.6. The molecule has 0 aliphatic rings. The van der Waals surface area contributed by atoms with Crippen molar-refractivity contribution in [3.05, 3.63) is 65.7 Å². The second-order valence-corrected chi connectivity index (χ2v) is 7.35. The van der Waals surface area contributed by atoms with Gasteiger partial charge in [-0.05, 0) is 17.7 Å². The Bertz CT molecular complexity index is 842. The maximum atomic E-state index is 13.4. The van der Waals surface area contributed by atoms with Gasteiger partial charge in [0.05, 0.1) is 24.9 Å². The molecule has 0 atom stereocenters. The summed E-state index contributed by atoms with van der Waals surface area (Å²) in [5.41, 5.74) is 0.833. The molecule has 0 spiro atoms. The molecule has 2 rings (SSSR count). The van der Waals surface area contributed by atoms with Gasteiger partial charge >= 0.3 is 0 Å². The van der Waals surface area contributed by atoms with Crippen molar-refractivity contribution in [1.82, 2.24) is 5.32 Å². The van der Waals surface area contributed by atoms with Crippen molar-refractivity contribution in [3.63, 3.8) is 0 Å². The van der Waals surface area contributed by atoms with Crippen LogP contribution in [0.15, 0.2) is 48.5 Å². The Labute approximate surface area is 145 Å². The topological polar surface area (TPSA) is 66.5 Å². The van der Waals surface area contributed by atoms with Gasteiger partial charge in [0.15, 0.2) is 11.6 Å². The van der Waals surface area contributed by atoms with Crippen LogP contribution in [0.2, 0.25) is 0 Å². The number of nitrogens with one attached hydrogen (secondary N) is 1. The third kappa shape index (κ3) is 5.53. The number of anilines is 1. The summed E-state index contributed by atoms with van der Waals surface area (Å²) < 4.78 is 51.1. The molecule has 0 saturated carbocycles. The Morgan fingerprint density at radius 1 is 1.08 bits per heavy atom. The van der Waals surface area contributed by atoms with Crippen LogP contribution in [0.1, 0.15) is 5.56 Å². The zero-order valence-corrected chi connectivity index (χ0v) is 14.4. The lowest BCUT2D eigenvalue weighted by Crippen LogP contribution is -2.38. The van der Waals surface area contributed by atoms with Gasteiger partial charge in [0.1, 0.15) is 0 Å². The van der Waals surface area contributed by atoms with Crippen molar-refractivity contribution in [2.24, 2.45) is 0 Å². The molecule has 0 aliphatic carbocycles. The molecule has 0 bridgehead atoms. The highest BCUT2D eigenvalue weighted by molar-refractivity contribution is 7.92. The van der Waals surface area contributed by atoms with E-state index in [4.69, 9.17) is 0 Å². The third-order valence-electron chi connectivity index (χ3n) is 3.44. The van der Waals surface area contributed by atoms with Crippen molar-refractivity contribution in [2.75, 3.05) is 23.7 Å². The number of amides is 1. The minimum atomic E-state index is -3.71. The fourth-order valence-corrected chi connectivity index (χ4v) is 3.19. The van der Waals surface area contributed by atoms with Crippen molar-refractivity contribution >= 4 is 21.6 Å². The van der Waals surface area contributed by atoms with Gasteiger partial charge in [0, 0.05) is 12.6 Å². The first-order valence-corrected chi connectivity index (χ1v) is 9.35. The largest absolute Gasteiger partial charge is 0.354 e. The molecule has 1 N–H and O–H groups in total. The Morgan fingerprint density at radius 2 is 1.76 bits per heavy atom. The van der Waals surface area contributed by atoms with E-state index in [1.807, 2.05) is 30.3 Å². The maximum absolute atomic E-state index is 13.4. The quantitative estimate of drug-likeness (QED) is 0.814. The first-order chi connectivity index (χ1) is 11.8. The van der Waals surface area contributed by atoms with Crippen LogP contribution in [-0.4, -0.2) is 33.7 Å². The second-order valence-electron chi connectivity index (χ2n) is 5.45. The van der Waals surface area contributed by atoms with Crippen LogP contribution in [0.3, 0.4) is 0 Å². The number of rotatable bonds is 7. The van der Waals surface area contributed by atoms with Crippen molar-refractivity contribution in [3.8, 4) is 0 Å². The van der Waals surface area contributed by atoms with Gasteiger partial charge in [-0.15, -0.1) is 0 Å². The molecule has 0 fully saturated rings. The maximum Gasteiger partial charge on any atom is 0.232 e. The summed E-state index contributed by atoms with van der Waals surface area (Å²) in [5, 5.41) is 2.62. The molecule has 1 amide bonds. The van der Waals surface area contributed by atoms with Crippen LogP contribution >= 0.6 is 0 Å². The average Bonchev–Trinajstić information content (AvgIpc) is 2.54.